The van der Waals surface area contributed by atoms with Crippen molar-refractivity contribution < 1.29 is 9.47 Å². The number of nitrogens with zero attached hydrogens (tertiary/aromatic N) is 3. The van der Waals surface area contributed by atoms with Crippen LogP contribution in [0, 0.1) is 6.92 Å². The Labute approximate surface area is 136 Å². The van der Waals surface area contributed by atoms with Crippen molar-refractivity contribution in [3.05, 3.63) is 36.0 Å². The summed E-state index contributed by atoms with van der Waals surface area (Å²) in [5, 5.41) is 3.27. The van der Waals surface area contributed by atoms with Gasteiger partial charge in [0.2, 0.25) is 5.95 Å². The van der Waals surface area contributed by atoms with E-state index >= 15 is 0 Å². The molecule has 1 saturated heterocycles. The van der Waals surface area contributed by atoms with Crippen LogP contribution in [0.15, 0.2) is 30.3 Å². The van der Waals surface area contributed by atoms with Crippen molar-refractivity contribution in [3.8, 4) is 5.75 Å². The lowest BCUT2D eigenvalue weighted by Gasteiger charge is -2.28. The molecule has 0 aliphatic carbocycles. The van der Waals surface area contributed by atoms with E-state index in [0.717, 1.165) is 49.3 Å². The van der Waals surface area contributed by atoms with E-state index in [9.17, 15) is 0 Å². The van der Waals surface area contributed by atoms with Crippen LogP contribution >= 0.6 is 0 Å². The first kappa shape index (κ1) is 15.6. The van der Waals surface area contributed by atoms with E-state index in [2.05, 4.69) is 20.2 Å². The van der Waals surface area contributed by atoms with Crippen molar-refractivity contribution in [2.24, 2.45) is 0 Å². The monoisotopic (exact) mass is 314 g/mol. The van der Waals surface area contributed by atoms with Crippen LogP contribution in [-0.4, -0.2) is 42.9 Å². The molecule has 3 rings (SSSR count). The van der Waals surface area contributed by atoms with Gasteiger partial charge in [0.05, 0.1) is 25.5 Å². The second kappa shape index (κ2) is 7.28. The van der Waals surface area contributed by atoms with Gasteiger partial charge in [-0.1, -0.05) is 12.1 Å². The molecule has 1 aliphatic heterocycles. The number of aromatic nitrogens is 2. The molecule has 1 fully saturated rings. The van der Waals surface area contributed by atoms with Gasteiger partial charge < -0.3 is 19.7 Å². The minimum Gasteiger partial charge on any atom is -0.492 e. The van der Waals surface area contributed by atoms with Gasteiger partial charge in [-0.3, -0.25) is 0 Å². The first-order valence-corrected chi connectivity index (χ1v) is 7.93. The average molecular weight is 314 g/mol. The molecule has 23 heavy (non-hydrogen) atoms. The molecule has 122 valence electrons. The topological polar surface area (TPSA) is 59.5 Å². The van der Waals surface area contributed by atoms with Crippen LogP contribution in [0.2, 0.25) is 0 Å². The summed E-state index contributed by atoms with van der Waals surface area (Å²) in [5.41, 5.74) is 1.80. The van der Waals surface area contributed by atoms with E-state index in [0.29, 0.717) is 12.6 Å². The minimum atomic E-state index is 0.582. The highest BCUT2D eigenvalue weighted by atomic mass is 16.5. The zero-order chi connectivity index (χ0) is 16.1. The Hall–Kier alpha value is -2.34. The molecule has 1 aromatic heterocycles. The molecule has 1 aromatic carbocycles. The number of benzene rings is 1. The second-order valence-electron chi connectivity index (χ2n) is 5.34. The summed E-state index contributed by atoms with van der Waals surface area (Å²) >= 11 is 0. The summed E-state index contributed by atoms with van der Waals surface area (Å²) in [6.07, 6.45) is 0. The quantitative estimate of drug-likeness (QED) is 0.916. The third-order valence-corrected chi connectivity index (χ3v) is 3.61. The maximum atomic E-state index is 5.64. The predicted molar refractivity (Wildman–Crippen MR) is 90.7 cm³/mol. The van der Waals surface area contributed by atoms with Gasteiger partial charge in [0.1, 0.15) is 11.6 Å². The zero-order valence-electron chi connectivity index (χ0n) is 13.6. The van der Waals surface area contributed by atoms with Gasteiger partial charge in [0.25, 0.3) is 0 Å². The summed E-state index contributed by atoms with van der Waals surface area (Å²) in [6, 6.07) is 9.82. The molecule has 0 saturated carbocycles. The largest absolute Gasteiger partial charge is 0.492 e. The molecule has 0 unspecified atom stereocenters. The van der Waals surface area contributed by atoms with E-state index in [-0.39, 0.29) is 0 Å². The van der Waals surface area contributed by atoms with Crippen LogP contribution < -0.4 is 15.0 Å². The van der Waals surface area contributed by atoms with Crippen LogP contribution in [0.25, 0.3) is 0 Å². The van der Waals surface area contributed by atoms with Crippen LogP contribution in [0.1, 0.15) is 12.6 Å². The predicted octanol–water partition coefficient (Wildman–Crippen LogP) is 2.76. The Morgan fingerprint density at radius 1 is 1.22 bits per heavy atom. The van der Waals surface area contributed by atoms with Gasteiger partial charge in [0, 0.05) is 24.8 Å². The number of anilines is 3. The van der Waals surface area contributed by atoms with Crippen molar-refractivity contribution in [1.29, 1.82) is 0 Å². The Bertz CT molecular complexity index is 657. The fourth-order valence-corrected chi connectivity index (χ4v) is 2.53. The van der Waals surface area contributed by atoms with Crippen LogP contribution in [0.3, 0.4) is 0 Å². The lowest BCUT2D eigenvalue weighted by atomic mass is 10.3. The fourth-order valence-electron chi connectivity index (χ4n) is 2.53. The summed E-state index contributed by atoms with van der Waals surface area (Å²) in [5.74, 6) is 2.31. The first-order chi connectivity index (χ1) is 11.3. The minimum absolute atomic E-state index is 0.582. The molecule has 1 N–H and O–H groups in total. The number of para-hydroxylation sites is 2. The summed E-state index contributed by atoms with van der Waals surface area (Å²) in [4.78, 5) is 11.4. The van der Waals surface area contributed by atoms with E-state index in [1.807, 2.05) is 44.2 Å². The van der Waals surface area contributed by atoms with Crippen molar-refractivity contribution in [3.63, 3.8) is 0 Å². The van der Waals surface area contributed by atoms with E-state index in [1.165, 1.54) is 0 Å². The smallest absolute Gasteiger partial charge is 0.229 e. The molecule has 2 aromatic rings. The Kier molecular flexibility index (Phi) is 4.92. The average Bonchev–Trinajstić information content (AvgIpc) is 2.57. The van der Waals surface area contributed by atoms with Crippen molar-refractivity contribution >= 4 is 17.5 Å². The fraction of sp³-hybridized carbons (Fsp3) is 0.412. The standard InChI is InChI=1S/C17H22N4O2/c1-3-23-15-7-5-4-6-14(15)19-17-18-13(2)12-16(20-17)21-8-10-22-11-9-21/h4-7,12H,3,8-11H2,1-2H3,(H,18,19,20). The van der Waals surface area contributed by atoms with Crippen molar-refractivity contribution in [1.82, 2.24) is 9.97 Å². The van der Waals surface area contributed by atoms with Gasteiger partial charge in [-0.25, -0.2) is 4.98 Å². The molecule has 0 radical (unpaired) electrons. The normalized spacial score (nSPS) is 14.6. The third-order valence-electron chi connectivity index (χ3n) is 3.61. The molecule has 0 atom stereocenters. The van der Waals surface area contributed by atoms with Crippen LogP contribution in [-0.2, 0) is 4.74 Å². The highest BCUT2D eigenvalue weighted by Crippen LogP contribution is 2.27. The molecule has 0 spiro atoms. The van der Waals surface area contributed by atoms with Gasteiger partial charge in [-0.15, -0.1) is 0 Å². The van der Waals surface area contributed by atoms with Crippen molar-refractivity contribution in [2.45, 2.75) is 13.8 Å². The molecular formula is C17H22N4O2. The number of rotatable bonds is 5. The van der Waals surface area contributed by atoms with Gasteiger partial charge in [-0.2, -0.15) is 4.98 Å². The lowest BCUT2D eigenvalue weighted by Crippen LogP contribution is -2.36. The SMILES string of the molecule is CCOc1ccccc1Nc1nc(C)cc(N2CCOCC2)n1. The van der Waals surface area contributed by atoms with E-state index in [4.69, 9.17) is 9.47 Å². The lowest BCUT2D eigenvalue weighted by molar-refractivity contribution is 0.122. The first-order valence-electron chi connectivity index (χ1n) is 7.93. The number of ether oxygens (including phenoxy) is 2. The molecule has 0 amide bonds. The molecule has 6 heteroatoms. The van der Waals surface area contributed by atoms with Crippen LogP contribution in [0.5, 0.6) is 5.75 Å². The maximum absolute atomic E-state index is 5.64. The Balaban J connectivity index is 1.84. The van der Waals surface area contributed by atoms with Gasteiger partial charge in [0.15, 0.2) is 0 Å². The molecule has 1 aliphatic rings. The number of morpholine rings is 1. The van der Waals surface area contributed by atoms with E-state index in [1.54, 1.807) is 0 Å². The second-order valence-corrected chi connectivity index (χ2v) is 5.34. The molecule has 2 heterocycles. The van der Waals surface area contributed by atoms with Crippen molar-refractivity contribution in [2.75, 3.05) is 43.1 Å². The molecule has 0 bridgehead atoms. The summed E-state index contributed by atoms with van der Waals surface area (Å²) < 4.78 is 11.0. The number of hydrogen-bond acceptors (Lipinski definition) is 6. The van der Waals surface area contributed by atoms with Gasteiger partial charge >= 0.3 is 0 Å². The molecule has 6 nitrogen and oxygen atoms in total. The van der Waals surface area contributed by atoms with Crippen LogP contribution in [0.4, 0.5) is 17.5 Å². The third kappa shape index (κ3) is 3.90. The summed E-state index contributed by atoms with van der Waals surface area (Å²) in [6.45, 7) is 7.74. The molecular weight excluding hydrogens is 292 g/mol. The number of hydrogen-bond donors (Lipinski definition) is 1. The van der Waals surface area contributed by atoms with Gasteiger partial charge in [-0.05, 0) is 26.0 Å². The summed E-state index contributed by atoms with van der Waals surface area (Å²) in [7, 11) is 0. The van der Waals surface area contributed by atoms with E-state index < -0.39 is 0 Å². The number of nitrogens with one attached hydrogen (secondary N) is 1. The number of aryl methyl sites for hydroxylation is 1. The highest BCUT2D eigenvalue weighted by Gasteiger charge is 2.14. The zero-order valence-corrected chi connectivity index (χ0v) is 13.6. The Morgan fingerprint density at radius 2 is 2.00 bits per heavy atom. The Morgan fingerprint density at radius 3 is 2.78 bits per heavy atom. The maximum Gasteiger partial charge on any atom is 0.229 e. The highest BCUT2D eigenvalue weighted by molar-refractivity contribution is 5.63.